The van der Waals surface area contributed by atoms with Crippen LogP contribution in [-0.2, 0) is 14.3 Å². The van der Waals surface area contributed by atoms with Gasteiger partial charge in [0.25, 0.3) is 0 Å². The maximum atomic E-state index is 12.0. The third kappa shape index (κ3) is 3.68. The molecule has 29 heavy (non-hydrogen) atoms. The molecule has 0 saturated carbocycles. The fraction of sp³-hybridized carbons (Fsp3) is 0.250. The number of hydrogen-bond acceptors (Lipinski definition) is 4. The summed E-state index contributed by atoms with van der Waals surface area (Å²) >= 11 is 0. The molecule has 148 valence electrons. The molecule has 4 rings (SSSR count). The van der Waals surface area contributed by atoms with Crippen LogP contribution in [0.4, 0.5) is 5.69 Å². The number of carboxylic acids is 1. The Bertz CT molecular complexity index is 1170. The zero-order valence-corrected chi connectivity index (χ0v) is 16.3. The van der Waals surface area contributed by atoms with E-state index in [9.17, 15) is 14.7 Å². The summed E-state index contributed by atoms with van der Waals surface area (Å²) in [6.45, 7) is 2.32. The molecule has 0 amide bonds. The van der Waals surface area contributed by atoms with Gasteiger partial charge in [-0.05, 0) is 39.4 Å². The van der Waals surface area contributed by atoms with Gasteiger partial charge in [0, 0.05) is 11.1 Å². The lowest BCUT2D eigenvalue weighted by molar-refractivity contribution is -0.148. The molecule has 4 aromatic carbocycles. The summed E-state index contributed by atoms with van der Waals surface area (Å²) in [5.74, 6) is -1.58. The number of carbonyl (C=O) groups is 2. The first-order valence-electron chi connectivity index (χ1n) is 9.90. The summed E-state index contributed by atoms with van der Waals surface area (Å²) in [6.07, 6.45) is 1.46. The van der Waals surface area contributed by atoms with Crippen molar-refractivity contribution in [3.8, 4) is 0 Å². The smallest absolute Gasteiger partial charge is 0.326 e. The second-order valence-electron chi connectivity index (χ2n) is 7.28. The van der Waals surface area contributed by atoms with Crippen molar-refractivity contribution < 1.29 is 19.4 Å². The van der Waals surface area contributed by atoms with E-state index in [-0.39, 0.29) is 6.42 Å². The molecule has 0 bridgehead atoms. The van der Waals surface area contributed by atoms with Crippen LogP contribution in [0.25, 0.3) is 32.3 Å². The van der Waals surface area contributed by atoms with Crippen LogP contribution in [0.1, 0.15) is 26.2 Å². The molecule has 5 heteroatoms. The van der Waals surface area contributed by atoms with E-state index in [2.05, 4.69) is 29.6 Å². The average Bonchev–Trinajstić information content (AvgIpc) is 2.72. The number of ether oxygens (including phenoxy) is 1. The summed E-state index contributed by atoms with van der Waals surface area (Å²) in [5, 5.41) is 19.3. The Labute approximate surface area is 168 Å². The van der Waals surface area contributed by atoms with Crippen molar-refractivity contribution in [3.63, 3.8) is 0 Å². The van der Waals surface area contributed by atoms with Gasteiger partial charge in [0.05, 0.1) is 13.0 Å². The molecule has 0 saturated heterocycles. The fourth-order valence-electron chi connectivity index (χ4n) is 3.80. The Morgan fingerprint density at radius 3 is 2.31 bits per heavy atom. The summed E-state index contributed by atoms with van der Waals surface area (Å²) in [7, 11) is 0. The number of carbonyl (C=O) groups excluding carboxylic acids is 1. The number of esters is 1. The largest absolute Gasteiger partial charge is 0.480 e. The van der Waals surface area contributed by atoms with E-state index in [1.165, 1.54) is 0 Å². The molecule has 2 N–H and O–H groups in total. The Morgan fingerprint density at radius 2 is 1.62 bits per heavy atom. The predicted molar refractivity (Wildman–Crippen MR) is 116 cm³/mol. The zero-order valence-electron chi connectivity index (χ0n) is 16.3. The van der Waals surface area contributed by atoms with Gasteiger partial charge in [0.1, 0.15) is 6.04 Å². The minimum absolute atomic E-state index is 0.221. The standard InChI is InChI=1S/C24H23NO4/c1-2-3-13-29-21(26)14-20(24(27)28)25-19-12-10-17-8-7-15-5-4-6-16-9-11-18(19)23(17)22(15)16/h4-12,20,25H,2-3,13-14H2,1H3,(H,27,28)/t20-/m1/s1. The number of aliphatic carboxylic acids is 1. The molecule has 0 aliphatic heterocycles. The van der Waals surface area contributed by atoms with Gasteiger partial charge in [0.2, 0.25) is 0 Å². The molecule has 0 aromatic heterocycles. The van der Waals surface area contributed by atoms with Crippen LogP contribution in [0, 0.1) is 0 Å². The van der Waals surface area contributed by atoms with Crippen molar-refractivity contribution in [1.82, 2.24) is 0 Å². The topological polar surface area (TPSA) is 75.6 Å². The monoisotopic (exact) mass is 389 g/mol. The van der Waals surface area contributed by atoms with Crippen LogP contribution in [0.5, 0.6) is 0 Å². The van der Waals surface area contributed by atoms with E-state index >= 15 is 0 Å². The van der Waals surface area contributed by atoms with Crippen LogP contribution in [0.3, 0.4) is 0 Å². The summed E-state index contributed by atoms with van der Waals surface area (Å²) < 4.78 is 5.14. The third-order valence-corrected chi connectivity index (χ3v) is 5.29. The van der Waals surface area contributed by atoms with Crippen LogP contribution in [0.15, 0.2) is 54.6 Å². The van der Waals surface area contributed by atoms with Gasteiger partial charge in [0.15, 0.2) is 0 Å². The van der Waals surface area contributed by atoms with E-state index in [0.717, 1.165) is 45.2 Å². The van der Waals surface area contributed by atoms with E-state index in [0.29, 0.717) is 12.3 Å². The van der Waals surface area contributed by atoms with Crippen LogP contribution >= 0.6 is 0 Å². The van der Waals surface area contributed by atoms with Crippen LogP contribution in [0.2, 0.25) is 0 Å². The molecule has 4 aromatic rings. The molecule has 0 spiro atoms. The van der Waals surface area contributed by atoms with E-state index < -0.39 is 18.0 Å². The van der Waals surface area contributed by atoms with Crippen molar-refractivity contribution in [1.29, 1.82) is 0 Å². The van der Waals surface area contributed by atoms with Crippen LogP contribution < -0.4 is 5.32 Å². The number of hydrogen-bond donors (Lipinski definition) is 2. The molecule has 1 atom stereocenters. The van der Waals surface area contributed by atoms with Crippen molar-refractivity contribution in [3.05, 3.63) is 54.6 Å². The summed E-state index contributed by atoms with van der Waals surface area (Å²) in [6, 6.07) is 17.2. The molecular weight excluding hydrogens is 366 g/mol. The highest BCUT2D eigenvalue weighted by Crippen LogP contribution is 2.37. The molecule has 0 aliphatic carbocycles. The first kappa shape index (κ1) is 19.0. The Morgan fingerprint density at radius 1 is 0.966 bits per heavy atom. The zero-order chi connectivity index (χ0) is 20.4. The van der Waals surface area contributed by atoms with Gasteiger partial charge in [-0.25, -0.2) is 4.79 Å². The van der Waals surface area contributed by atoms with Crippen molar-refractivity contribution in [2.45, 2.75) is 32.2 Å². The van der Waals surface area contributed by atoms with Gasteiger partial charge in [-0.15, -0.1) is 0 Å². The number of carboxylic acid groups (broad SMARTS) is 1. The molecule has 0 unspecified atom stereocenters. The summed E-state index contributed by atoms with van der Waals surface area (Å²) in [4.78, 5) is 23.8. The lowest BCUT2D eigenvalue weighted by atomic mass is 9.93. The van der Waals surface area contributed by atoms with Gasteiger partial charge in [-0.3, -0.25) is 4.79 Å². The SMILES string of the molecule is CCCCOC(=O)C[C@@H](Nc1ccc2ccc3cccc4ccc1c2c34)C(=O)O. The van der Waals surface area contributed by atoms with Crippen molar-refractivity contribution >= 4 is 49.9 Å². The van der Waals surface area contributed by atoms with Gasteiger partial charge in [-0.1, -0.05) is 61.9 Å². The van der Waals surface area contributed by atoms with Crippen molar-refractivity contribution in [2.75, 3.05) is 11.9 Å². The van der Waals surface area contributed by atoms with Crippen molar-refractivity contribution in [2.24, 2.45) is 0 Å². The minimum atomic E-state index is -1.08. The molecular formula is C24H23NO4. The lowest BCUT2D eigenvalue weighted by Crippen LogP contribution is -2.32. The number of anilines is 1. The van der Waals surface area contributed by atoms with Crippen LogP contribution in [-0.4, -0.2) is 29.7 Å². The van der Waals surface area contributed by atoms with E-state index in [4.69, 9.17) is 4.74 Å². The van der Waals surface area contributed by atoms with Gasteiger partial charge in [-0.2, -0.15) is 0 Å². The number of unbranched alkanes of at least 4 members (excludes halogenated alkanes) is 1. The Hall–Kier alpha value is -3.34. The first-order chi connectivity index (χ1) is 14.1. The highest BCUT2D eigenvalue weighted by atomic mass is 16.5. The predicted octanol–water partition coefficient (Wildman–Crippen LogP) is 5.18. The third-order valence-electron chi connectivity index (χ3n) is 5.29. The Balaban J connectivity index is 1.69. The second-order valence-corrected chi connectivity index (χ2v) is 7.28. The average molecular weight is 389 g/mol. The fourth-order valence-corrected chi connectivity index (χ4v) is 3.80. The molecule has 0 fully saturated rings. The van der Waals surface area contributed by atoms with Gasteiger partial charge < -0.3 is 15.2 Å². The first-order valence-corrected chi connectivity index (χ1v) is 9.90. The highest BCUT2D eigenvalue weighted by molar-refractivity contribution is 6.25. The number of benzene rings is 4. The van der Waals surface area contributed by atoms with Gasteiger partial charge >= 0.3 is 11.9 Å². The number of rotatable bonds is 8. The van der Waals surface area contributed by atoms with E-state index in [1.807, 2.05) is 37.3 Å². The highest BCUT2D eigenvalue weighted by Gasteiger charge is 2.23. The maximum absolute atomic E-state index is 12.0. The quantitative estimate of drug-likeness (QED) is 0.247. The minimum Gasteiger partial charge on any atom is -0.480 e. The Kier molecular flexibility index (Phi) is 5.21. The summed E-state index contributed by atoms with van der Waals surface area (Å²) in [5.41, 5.74) is 0.699. The lowest BCUT2D eigenvalue weighted by Gasteiger charge is -2.19. The molecule has 5 nitrogen and oxygen atoms in total. The molecule has 0 aliphatic rings. The van der Waals surface area contributed by atoms with E-state index in [1.54, 1.807) is 0 Å². The number of nitrogens with one attached hydrogen (secondary N) is 1. The maximum Gasteiger partial charge on any atom is 0.326 e. The molecule has 0 heterocycles. The second kappa shape index (κ2) is 7.95. The normalized spacial score (nSPS) is 12.4. The molecule has 0 radical (unpaired) electrons.